The summed E-state index contributed by atoms with van der Waals surface area (Å²) >= 11 is 6.02. The summed E-state index contributed by atoms with van der Waals surface area (Å²) in [6.45, 7) is 0. The number of halogens is 1. The molecule has 0 saturated carbocycles. The van der Waals surface area contributed by atoms with Gasteiger partial charge in [0.15, 0.2) is 0 Å². The molecule has 0 aliphatic carbocycles. The maximum absolute atomic E-state index is 13.5. The fourth-order valence-corrected chi connectivity index (χ4v) is 5.07. The van der Waals surface area contributed by atoms with E-state index in [-0.39, 0.29) is 4.90 Å². The topological polar surface area (TPSA) is 53.0 Å². The summed E-state index contributed by atoms with van der Waals surface area (Å²) in [5.74, 6) is 0. The van der Waals surface area contributed by atoms with Crippen LogP contribution in [-0.2, 0) is 10.0 Å². The van der Waals surface area contributed by atoms with Gasteiger partial charge in [-0.2, -0.15) is 17.9 Å². The van der Waals surface area contributed by atoms with E-state index >= 15 is 0 Å². The first-order chi connectivity index (χ1) is 14.4. The number of anilines is 1. The molecule has 5 nitrogen and oxygen atoms in total. The van der Waals surface area contributed by atoms with Crippen molar-refractivity contribution in [2.24, 2.45) is 5.10 Å². The molecule has 0 spiro atoms. The van der Waals surface area contributed by atoms with Crippen LogP contribution in [0.3, 0.4) is 0 Å². The van der Waals surface area contributed by atoms with Crippen LogP contribution in [0.15, 0.2) is 88.9 Å². The number of rotatable bonds is 5. The fraction of sp³-hybridized carbons (Fsp3) is 0.174. The number of hydrogen-bond acceptors (Lipinski definition) is 4. The van der Waals surface area contributed by atoms with E-state index in [1.165, 1.54) is 4.41 Å². The van der Waals surface area contributed by atoms with Crippen LogP contribution in [0.1, 0.15) is 23.6 Å². The van der Waals surface area contributed by atoms with Gasteiger partial charge in [-0.15, -0.1) is 0 Å². The first kappa shape index (κ1) is 20.4. The molecule has 4 rings (SSSR count). The number of hydrazone groups is 1. The molecule has 154 valence electrons. The van der Waals surface area contributed by atoms with Crippen molar-refractivity contribution in [2.45, 2.75) is 17.4 Å². The average Bonchev–Trinajstić information content (AvgIpc) is 3.21. The van der Waals surface area contributed by atoms with Crippen molar-refractivity contribution in [3.8, 4) is 0 Å². The molecule has 0 radical (unpaired) electrons. The molecule has 1 atom stereocenters. The summed E-state index contributed by atoms with van der Waals surface area (Å²) in [4.78, 5) is 2.22. The molecule has 1 unspecified atom stereocenters. The Morgan fingerprint density at radius 3 is 2.33 bits per heavy atom. The summed E-state index contributed by atoms with van der Waals surface area (Å²) in [6.07, 6.45) is 0.477. The predicted octanol–water partition coefficient (Wildman–Crippen LogP) is 4.95. The van der Waals surface area contributed by atoms with Gasteiger partial charge in [0.2, 0.25) is 0 Å². The van der Waals surface area contributed by atoms with Gasteiger partial charge in [-0.25, -0.2) is 0 Å². The van der Waals surface area contributed by atoms with Crippen molar-refractivity contribution in [2.75, 3.05) is 19.0 Å². The number of sulfonamides is 1. The largest absolute Gasteiger partial charge is 0.378 e. The minimum absolute atomic E-state index is 0.222. The molecule has 30 heavy (non-hydrogen) atoms. The predicted molar refractivity (Wildman–Crippen MR) is 122 cm³/mol. The van der Waals surface area contributed by atoms with Crippen LogP contribution in [0.4, 0.5) is 5.69 Å². The zero-order chi connectivity index (χ0) is 21.3. The molecule has 0 saturated heterocycles. The highest BCUT2D eigenvalue weighted by Gasteiger charge is 2.37. The lowest BCUT2D eigenvalue weighted by molar-refractivity contribution is 0.371. The molecule has 0 fully saturated rings. The van der Waals surface area contributed by atoms with Crippen LogP contribution in [0, 0.1) is 0 Å². The molecular formula is C23H22ClN3O2S. The molecule has 0 amide bonds. The van der Waals surface area contributed by atoms with Gasteiger partial charge in [0, 0.05) is 31.2 Å². The summed E-state index contributed by atoms with van der Waals surface area (Å²) in [6, 6.07) is 23.2. The van der Waals surface area contributed by atoms with Gasteiger partial charge in [-0.3, -0.25) is 0 Å². The second kappa shape index (κ2) is 8.13. The zero-order valence-electron chi connectivity index (χ0n) is 16.7. The number of benzene rings is 3. The Hall–Kier alpha value is -2.83. The quantitative estimate of drug-likeness (QED) is 0.565. The molecule has 7 heteroatoms. The molecule has 3 aromatic carbocycles. The number of nitrogens with zero attached hydrogens (tertiary/aromatic N) is 3. The third kappa shape index (κ3) is 3.93. The monoisotopic (exact) mass is 439 g/mol. The third-order valence-electron chi connectivity index (χ3n) is 5.11. The molecule has 0 bridgehead atoms. The minimum Gasteiger partial charge on any atom is -0.378 e. The van der Waals surface area contributed by atoms with Crippen LogP contribution in [0.25, 0.3) is 0 Å². The summed E-state index contributed by atoms with van der Waals surface area (Å²) < 4.78 is 28.2. The zero-order valence-corrected chi connectivity index (χ0v) is 18.3. The molecule has 1 heterocycles. The maximum Gasteiger partial charge on any atom is 0.279 e. The molecule has 3 aromatic rings. The summed E-state index contributed by atoms with van der Waals surface area (Å²) in [7, 11) is 0.108. The van der Waals surface area contributed by atoms with Crippen LogP contribution < -0.4 is 4.90 Å². The van der Waals surface area contributed by atoms with Gasteiger partial charge in [-0.1, -0.05) is 54.1 Å². The van der Waals surface area contributed by atoms with E-state index in [4.69, 9.17) is 11.6 Å². The summed E-state index contributed by atoms with van der Waals surface area (Å²) in [5.41, 5.74) is 3.48. The first-order valence-electron chi connectivity index (χ1n) is 9.56. The Bertz CT molecular complexity index is 1180. The summed E-state index contributed by atoms with van der Waals surface area (Å²) in [5, 5.41) is 5.20. The average molecular weight is 440 g/mol. The van der Waals surface area contributed by atoms with E-state index in [1.807, 2.05) is 55.4 Å². The maximum atomic E-state index is 13.5. The molecule has 0 N–H and O–H groups in total. The fourth-order valence-electron chi connectivity index (χ4n) is 3.49. The van der Waals surface area contributed by atoms with E-state index in [1.54, 1.807) is 42.5 Å². The second-order valence-corrected chi connectivity index (χ2v) is 9.59. The molecule has 0 aromatic heterocycles. The van der Waals surface area contributed by atoms with E-state index in [2.05, 4.69) is 5.10 Å². The second-order valence-electron chi connectivity index (χ2n) is 7.35. The van der Waals surface area contributed by atoms with Gasteiger partial charge in [0.1, 0.15) is 0 Å². The first-order valence-corrected chi connectivity index (χ1v) is 11.4. The standard InChI is InChI=1S/C23H22ClN3O2S/c1-26(2)20-8-6-7-18(15-20)23-16-22(17-11-13-19(24)14-12-17)25-27(23)30(28,29)21-9-4-3-5-10-21/h3-15,23H,16H2,1-2H3. The lowest BCUT2D eigenvalue weighted by atomic mass is 9.99. The van der Waals surface area contributed by atoms with Crippen molar-refractivity contribution in [3.05, 3.63) is 95.0 Å². The molecular weight excluding hydrogens is 418 g/mol. The highest BCUT2D eigenvalue weighted by molar-refractivity contribution is 7.89. The van der Waals surface area contributed by atoms with Crippen molar-refractivity contribution < 1.29 is 8.42 Å². The van der Waals surface area contributed by atoms with E-state index < -0.39 is 16.1 Å². The lowest BCUT2D eigenvalue weighted by Crippen LogP contribution is -2.27. The third-order valence-corrected chi connectivity index (χ3v) is 7.06. The molecule has 1 aliphatic heterocycles. The lowest BCUT2D eigenvalue weighted by Gasteiger charge is -2.24. The molecule has 1 aliphatic rings. The SMILES string of the molecule is CN(C)c1cccc(C2CC(c3ccc(Cl)cc3)=NN2S(=O)(=O)c2ccccc2)c1. The van der Waals surface area contributed by atoms with Gasteiger partial charge in [-0.05, 0) is 47.5 Å². The van der Waals surface area contributed by atoms with Gasteiger partial charge >= 0.3 is 0 Å². The highest BCUT2D eigenvalue weighted by atomic mass is 35.5. The van der Waals surface area contributed by atoms with Crippen molar-refractivity contribution in [1.29, 1.82) is 0 Å². The van der Waals surface area contributed by atoms with Crippen LogP contribution >= 0.6 is 11.6 Å². The normalized spacial score (nSPS) is 16.4. The Labute approximate surface area is 182 Å². The van der Waals surface area contributed by atoms with E-state index in [9.17, 15) is 8.42 Å². The van der Waals surface area contributed by atoms with Gasteiger partial charge in [0.05, 0.1) is 16.6 Å². The van der Waals surface area contributed by atoms with Crippen molar-refractivity contribution in [3.63, 3.8) is 0 Å². The smallest absolute Gasteiger partial charge is 0.279 e. The van der Waals surface area contributed by atoms with Crippen LogP contribution in [-0.4, -0.2) is 32.6 Å². The Balaban J connectivity index is 1.80. The Kier molecular flexibility index (Phi) is 5.54. The minimum atomic E-state index is -3.81. The number of hydrogen-bond donors (Lipinski definition) is 0. The van der Waals surface area contributed by atoms with Crippen LogP contribution in [0.2, 0.25) is 5.02 Å². The highest BCUT2D eigenvalue weighted by Crippen LogP contribution is 2.38. The van der Waals surface area contributed by atoms with Crippen molar-refractivity contribution >= 4 is 33.0 Å². The van der Waals surface area contributed by atoms with E-state index in [0.29, 0.717) is 17.2 Å². The van der Waals surface area contributed by atoms with Crippen molar-refractivity contribution in [1.82, 2.24) is 4.41 Å². The Morgan fingerprint density at radius 2 is 1.67 bits per heavy atom. The van der Waals surface area contributed by atoms with Gasteiger partial charge < -0.3 is 4.90 Å². The Morgan fingerprint density at radius 1 is 0.967 bits per heavy atom. The van der Waals surface area contributed by atoms with Crippen LogP contribution in [0.5, 0.6) is 0 Å². The van der Waals surface area contributed by atoms with E-state index in [0.717, 1.165) is 16.8 Å². The van der Waals surface area contributed by atoms with Gasteiger partial charge in [0.25, 0.3) is 10.0 Å².